The van der Waals surface area contributed by atoms with Gasteiger partial charge in [-0.3, -0.25) is 9.69 Å². The Labute approximate surface area is 168 Å². The number of nitrogens with zero attached hydrogens (tertiary/aromatic N) is 3. The van der Waals surface area contributed by atoms with Crippen LogP contribution in [0.15, 0.2) is 24.3 Å². The summed E-state index contributed by atoms with van der Waals surface area (Å²) in [4.78, 5) is 22.0. The lowest BCUT2D eigenvalue weighted by Gasteiger charge is -2.34. The lowest BCUT2D eigenvalue weighted by molar-refractivity contribution is 0.0648. The Kier molecular flexibility index (Phi) is 6.20. The van der Waals surface area contributed by atoms with Crippen molar-refractivity contribution in [2.45, 2.75) is 6.92 Å². The molecule has 0 unspecified atom stereocenters. The van der Waals surface area contributed by atoms with Gasteiger partial charge in [-0.1, -0.05) is 23.7 Å². The van der Waals surface area contributed by atoms with Crippen molar-refractivity contribution in [3.05, 3.63) is 39.9 Å². The quantitative estimate of drug-likeness (QED) is 0.733. The lowest BCUT2D eigenvalue weighted by Crippen LogP contribution is -2.49. The third-order valence-electron chi connectivity index (χ3n) is 4.52. The van der Waals surface area contributed by atoms with Gasteiger partial charge in [-0.2, -0.15) is 0 Å². The van der Waals surface area contributed by atoms with Crippen molar-refractivity contribution in [1.82, 2.24) is 14.8 Å². The largest absolute Gasteiger partial charge is 0.335 e. The van der Waals surface area contributed by atoms with Crippen molar-refractivity contribution in [3.8, 4) is 10.6 Å². The van der Waals surface area contributed by atoms with E-state index in [4.69, 9.17) is 11.6 Å². The van der Waals surface area contributed by atoms with Crippen molar-refractivity contribution in [2.24, 2.45) is 0 Å². The molecule has 0 N–H and O–H groups in total. The Hall–Kier alpha value is -1.48. The van der Waals surface area contributed by atoms with Crippen molar-refractivity contribution in [3.63, 3.8) is 0 Å². The van der Waals surface area contributed by atoms with Gasteiger partial charge in [0.15, 0.2) is 0 Å². The van der Waals surface area contributed by atoms with Gasteiger partial charge in [0.05, 0.1) is 11.4 Å². The molecule has 0 saturated carbocycles. The standard InChI is InChI=1S/C18H22ClN3O3S2/c1-13-16(26-17(20-13)14-3-5-15(19)6-4-14)18(23)22-9-7-21(8-10-22)11-12-27(2,24)25/h3-6H,7-12H2,1-2H3. The fourth-order valence-electron chi connectivity index (χ4n) is 2.92. The normalized spacial score (nSPS) is 15.9. The third-order valence-corrected chi connectivity index (χ3v) is 6.89. The number of carbonyl (C=O) groups excluding carboxylic acids is 1. The first-order chi connectivity index (χ1) is 12.7. The van der Waals surface area contributed by atoms with Crippen LogP contribution in [0.1, 0.15) is 15.4 Å². The zero-order chi connectivity index (χ0) is 19.6. The molecule has 146 valence electrons. The molecule has 0 atom stereocenters. The molecule has 9 heteroatoms. The Morgan fingerprint density at radius 2 is 1.81 bits per heavy atom. The first kappa shape index (κ1) is 20.3. The molecule has 1 aromatic carbocycles. The number of benzene rings is 1. The number of aryl methyl sites for hydroxylation is 1. The summed E-state index contributed by atoms with van der Waals surface area (Å²) in [6.07, 6.45) is 1.25. The van der Waals surface area contributed by atoms with Crippen LogP contribution >= 0.6 is 22.9 Å². The first-order valence-corrected chi connectivity index (χ1v) is 11.9. The van der Waals surface area contributed by atoms with Gasteiger partial charge in [-0.15, -0.1) is 11.3 Å². The number of thiazole rings is 1. The number of halogens is 1. The minimum atomic E-state index is -2.97. The van der Waals surface area contributed by atoms with Gasteiger partial charge in [0.1, 0.15) is 19.7 Å². The lowest BCUT2D eigenvalue weighted by atomic mass is 10.2. The number of amides is 1. The van der Waals surface area contributed by atoms with E-state index < -0.39 is 9.84 Å². The maximum Gasteiger partial charge on any atom is 0.265 e. The van der Waals surface area contributed by atoms with Crippen molar-refractivity contribution in [2.75, 3.05) is 44.7 Å². The minimum Gasteiger partial charge on any atom is -0.335 e. The summed E-state index contributed by atoms with van der Waals surface area (Å²) in [5, 5.41) is 1.47. The summed E-state index contributed by atoms with van der Waals surface area (Å²) in [5.74, 6) is 0.146. The molecular formula is C18H22ClN3O3S2. The number of rotatable bonds is 5. The van der Waals surface area contributed by atoms with E-state index in [1.165, 1.54) is 17.6 Å². The molecular weight excluding hydrogens is 406 g/mol. The third kappa shape index (κ3) is 5.28. The van der Waals surface area contributed by atoms with Gasteiger partial charge in [-0.05, 0) is 19.1 Å². The molecule has 2 aromatic rings. The van der Waals surface area contributed by atoms with E-state index in [0.717, 1.165) is 16.3 Å². The molecule has 2 heterocycles. The molecule has 0 bridgehead atoms. The smallest absolute Gasteiger partial charge is 0.265 e. The maximum atomic E-state index is 12.9. The fraction of sp³-hybridized carbons (Fsp3) is 0.444. The Morgan fingerprint density at radius 3 is 2.41 bits per heavy atom. The summed E-state index contributed by atoms with van der Waals surface area (Å²) >= 11 is 7.33. The van der Waals surface area contributed by atoms with Crippen LogP contribution in [0.5, 0.6) is 0 Å². The molecule has 0 spiro atoms. The SMILES string of the molecule is Cc1nc(-c2ccc(Cl)cc2)sc1C(=O)N1CCN(CCS(C)(=O)=O)CC1. The highest BCUT2D eigenvalue weighted by molar-refractivity contribution is 7.90. The number of hydrogen-bond donors (Lipinski definition) is 0. The van der Waals surface area contributed by atoms with E-state index in [1.54, 1.807) is 0 Å². The zero-order valence-corrected chi connectivity index (χ0v) is 17.7. The number of piperazine rings is 1. The van der Waals surface area contributed by atoms with Crippen molar-refractivity contribution >= 4 is 38.7 Å². The van der Waals surface area contributed by atoms with Gasteiger partial charge in [0.25, 0.3) is 5.91 Å². The van der Waals surface area contributed by atoms with Crippen LogP contribution in [0.4, 0.5) is 0 Å². The summed E-state index contributed by atoms with van der Waals surface area (Å²) in [5.41, 5.74) is 1.67. The maximum absolute atomic E-state index is 12.9. The van der Waals surface area contributed by atoms with Crippen LogP contribution < -0.4 is 0 Å². The van der Waals surface area contributed by atoms with Gasteiger partial charge < -0.3 is 4.90 Å². The second-order valence-electron chi connectivity index (χ2n) is 6.70. The van der Waals surface area contributed by atoms with Crippen LogP contribution in [-0.2, 0) is 9.84 Å². The van der Waals surface area contributed by atoms with E-state index in [2.05, 4.69) is 9.88 Å². The van der Waals surface area contributed by atoms with Crippen LogP contribution in [0, 0.1) is 6.92 Å². The molecule has 27 heavy (non-hydrogen) atoms. The number of sulfone groups is 1. The van der Waals surface area contributed by atoms with Gasteiger partial charge >= 0.3 is 0 Å². The molecule has 1 aromatic heterocycles. The van der Waals surface area contributed by atoms with Crippen LogP contribution in [-0.4, -0.2) is 73.8 Å². The van der Waals surface area contributed by atoms with Crippen molar-refractivity contribution < 1.29 is 13.2 Å². The minimum absolute atomic E-state index is 0.00650. The summed E-state index contributed by atoms with van der Waals surface area (Å²) in [6.45, 7) is 4.92. The number of hydrogen-bond acceptors (Lipinski definition) is 6. The Balaban J connectivity index is 1.64. The molecule has 1 aliphatic rings. The van der Waals surface area contributed by atoms with Crippen LogP contribution in [0.2, 0.25) is 5.02 Å². The van der Waals surface area contributed by atoms with E-state index in [-0.39, 0.29) is 11.7 Å². The van der Waals surface area contributed by atoms with E-state index in [9.17, 15) is 13.2 Å². The summed E-state index contributed by atoms with van der Waals surface area (Å²) in [6, 6.07) is 7.42. The molecule has 0 aliphatic carbocycles. The summed E-state index contributed by atoms with van der Waals surface area (Å²) in [7, 11) is -2.97. The predicted octanol–water partition coefficient (Wildman–Crippen LogP) is 2.57. The molecule has 3 rings (SSSR count). The second kappa shape index (κ2) is 8.26. The summed E-state index contributed by atoms with van der Waals surface area (Å²) < 4.78 is 22.6. The monoisotopic (exact) mass is 427 g/mol. The van der Waals surface area contributed by atoms with Gasteiger partial charge in [0, 0.05) is 49.6 Å². The predicted molar refractivity (Wildman–Crippen MR) is 109 cm³/mol. The van der Waals surface area contributed by atoms with E-state index >= 15 is 0 Å². The van der Waals surface area contributed by atoms with E-state index in [1.807, 2.05) is 36.1 Å². The van der Waals surface area contributed by atoms with E-state index in [0.29, 0.717) is 42.6 Å². The average Bonchev–Trinajstić information content (AvgIpc) is 3.01. The molecule has 1 aliphatic heterocycles. The molecule has 1 amide bonds. The molecule has 1 fully saturated rings. The molecule has 6 nitrogen and oxygen atoms in total. The van der Waals surface area contributed by atoms with Crippen molar-refractivity contribution in [1.29, 1.82) is 0 Å². The number of aromatic nitrogens is 1. The van der Waals surface area contributed by atoms with Crippen LogP contribution in [0.3, 0.4) is 0 Å². The first-order valence-electron chi connectivity index (χ1n) is 8.65. The molecule has 1 saturated heterocycles. The average molecular weight is 428 g/mol. The highest BCUT2D eigenvalue weighted by Crippen LogP contribution is 2.29. The Morgan fingerprint density at radius 1 is 1.19 bits per heavy atom. The second-order valence-corrected chi connectivity index (χ2v) is 10.4. The topological polar surface area (TPSA) is 70.6 Å². The zero-order valence-electron chi connectivity index (χ0n) is 15.3. The highest BCUT2D eigenvalue weighted by atomic mass is 35.5. The highest BCUT2D eigenvalue weighted by Gasteiger charge is 2.26. The van der Waals surface area contributed by atoms with Gasteiger partial charge in [-0.25, -0.2) is 13.4 Å². The van der Waals surface area contributed by atoms with Crippen LogP contribution in [0.25, 0.3) is 10.6 Å². The van der Waals surface area contributed by atoms with Gasteiger partial charge in [0.2, 0.25) is 0 Å². The Bertz CT molecular complexity index is 918. The fourth-order valence-corrected chi connectivity index (χ4v) is 4.68. The number of carbonyl (C=O) groups is 1. The molecule has 0 radical (unpaired) electrons.